The van der Waals surface area contributed by atoms with Crippen molar-refractivity contribution >= 4 is 21.5 Å². The summed E-state index contributed by atoms with van der Waals surface area (Å²) in [5.74, 6) is -0.0968. The van der Waals surface area contributed by atoms with Gasteiger partial charge in [-0.05, 0) is 38.1 Å². The van der Waals surface area contributed by atoms with E-state index in [1.165, 1.54) is 35.5 Å². The van der Waals surface area contributed by atoms with Crippen LogP contribution in [0.1, 0.15) is 24.2 Å². The molecule has 0 spiro atoms. The van der Waals surface area contributed by atoms with Crippen LogP contribution in [0.5, 0.6) is 0 Å². The highest BCUT2D eigenvalue weighted by Gasteiger charge is 2.23. The van der Waals surface area contributed by atoms with Crippen LogP contribution in [0, 0.1) is 0 Å². The molecular weight excluding hydrogens is 288 g/mol. The van der Waals surface area contributed by atoms with E-state index in [0.29, 0.717) is 17.8 Å². The van der Waals surface area contributed by atoms with Crippen LogP contribution in [0.15, 0.2) is 53.7 Å². The Bertz CT molecular complexity index is 725. The Kier molecular flexibility index (Phi) is 4.37. The van der Waals surface area contributed by atoms with Crippen molar-refractivity contribution in [3.8, 4) is 0 Å². The Balaban J connectivity index is 2.42. The van der Waals surface area contributed by atoms with E-state index in [0.717, 1.165) is 0 Å². The molecule has 0 aliphatic rings. The lowest BCUT2D eigenvalue weighted by Gasteiger charge is -2.22. The first-order valence-electron chi connectivity index (χ1n) is 6.50. The van der Waals surface area contributed by atoms with Gasteiger partial charge >= 0.3 is 0 Å². The van der Waals surface area contributed by atoms with Gasteiger partial charge in [-0.25, -0.2) is 8.42 Å². The maximum Gasteiger partial charge on any atom is 0.264 e. The maximum atomic E-state index is 12.7. The molecule has 1 aromatic heterocycles. The van der Waals surface area contributed by atoms with Crippen LogP contribution in [0.3, 0.4) is 0 Å². The summed E-state index contributed by atoms with van der Waals surface area (Å²) in [6, 6.07) is 9.24. The lowest BCUT2D eigenvalue weighted by molar-refractivity contribution is 0.101. The molecule has 0 radical (unpaired) electrons. The second-order valence-electron chi connectivity index (χ2n) is 4.46. The minimum atomic E-state index is -3.65. The zero-order valence-electron chi connectivity index (χ0n) is 11.9. The molecule has 0 unspecified atom stereocenters. The van der Waals surface area contributed by atoms with Gasteiger partial charge in [0.1, 0.15) is 0 Å². The largest absolute Gasteiger partial charge is 0.295 e. The number of aromatic nitrogens is 1. The number of Topliss-reactive ketones (excluding diaryl/α,β-unsaturated/α-hetero) is 1. The number of carbonyl (C=O) groups excluding carboxylic acids is 1. The van der Waals surface area contributed by atoms with Crippen molar-refractivity contribution in [3.63, 3.8) is 0 Å². The maximum absolute atomic E-state index is 12.7. The van der Waals surface area contributed by atoms with Crippen molar-refractivity contribution in [2.45, 2.75) is 18.7 Å². The molecule has 0 aliphatic heterocycles. The second kappa shape index (κ2) is 6.05. The molecule has 1 aromatic carbocycles. The van der Waals surface area contributed by atoms with E-state index in [2.05, 4.69) is 4.98 Å². The van der Waals surface area contributed by atoms with Crippen molar-refractivity contribution in [2.24, 2.45) is 0 Å². The van der Waals surface area contributed by atoms with Gasteiger partial charge in [0.2, 0.25) is 0 Å². The smallest absolute Gasteiger partial charge is 0.264 e. The van der Waals surface area contributed by atoms with Gasteiger partial charge in [0.15, 0.2) is 5.78 Å². The van der Waals surface area contributed by atoms with Crippen LogP contribution in [0.4, 0.5) is 5.69 Å². The van der Waals surface area contributed by atoms with Gasteiger partial charge in [-0.1, -0.05) is 12.1 Å². The number of pyridine rings is 1. The molecule has 2 aromatic rings. The van der Waals surface area contributed by atoms with E-state index in [1.807, 2.05) is 0 Å². The molecule has 0 fully saturated rings. The van der Waals surface area contributed by atoms with Crippen LogP contribution in [0.2, 0.25) is 0 Å². The zero-order valence-corrected chi connectivity index (χ0v) is 12.7. The van der Waals surface area contributed by atoms with Gasteiger partial charge in [-0.2, -0.15) is 0 Å². The average molecular weight is 304 g/mol. The Labute approximate surface area is 124 Å². The van der Waals surface area contributed by atoms with E-state index in [-0.39, 0.29) is 10.7 Å². The van der Waals surface area contributed by atoms with Gasteiger partial charge in [-0.15, -0.1) is 0 Å². The summed E-state index contributed by atoms with van der Waals surface area (Å²) in [6.45, 7) is 3.52. The standard InChI is InChI=1S/C15H16N2O3S/c1-3-17(14-8-10-16-11-9-14)21(19,20)15-6-4-13(5-7-15)12(2)18/h4-11H,3H2,1-2H3. The number of benzene rings is 1. The third-order valence-corrected chi connectivity index (χ3v) is 5.00. The Morgan fingerprint density at radius 1 is 1.10 bits per heavy atom. The fourth-order valence-corrected chi connectivity index (χ4v) is 3.46. The number of rotatable bonds is 5. The monoisotopic (exact) mass is 304 g/mol. The first-order valence-corrected chi connectivity index (χ1v) is 7.94. The van der Waals surface area contributed by atoms with Crippen LogP contribution in [-0.2, 0) is 10.0 Å². The summed E-state index contributed by atoms with van der Waals surface area (Å²) >= 11 is 0. The minimum Gasteiger partial charge on any atom is -0.295 e. The number of sulfonamides is 1. The molecule has 110 valence electrons. The van der Waals surface area contributed by atoms with E-state index in [1.54, 1.807) is 31.5 Å². The summed E-state index contributed by atoms with van der Waals surface area (Å²) < 4.78 is 26.6. The van der Waals surface area contributed by atoms with Crippen molar-refractivity contribution in [1.29, 1.82) is 0 Å². The van der Waals surface area contributed by atoms with Crippen molar-refractivity contribution in [3.05, 3.63) is 54.4 Å². The average Bonchev–Trinajstić information content (AvgIpc) is 2.49. The van der Waals surface area contributed by atoms with Gasteiger partial charge < -0.3 is 0 Å². The number of hydrogen-bond acceptors (Lipinski definition) is 4. The normalized spacial score (nSPS) is 11.1. The van der Waals surface area contributed by atoms with Crippen molar-refractivity contribution in [1.82, 2.24) is 4.98 Å². The molecule has 0 amide bonds. The SMILES string of the molecule is CCN(c1ccncc1)S(=O)(=O)c1ccc(C(C)=O)cc1. The lowest BCUT2D eigenvalue weighted by atomic mass is 10.2. The molecule has 0 atom stereocenters. The van der Waals surface area contributed by atoms with E-state index < -0.39 is 10.0 Å². The van der Waals surface area contributed by atoms with Gasteiger partial charge in [-0.3, -0.25) is 14.1 Å². The Morgan fingerprint density at radius 3 is 2.14 bits per heavy atom. The first kappa shape index (κ1) is 15.2. The van der Waals surface area contributed by atoms with Crippen LogP contribution < -0.4 is 4.31 Å². The molecular formula is C15H16N2O3S. The Hall–Kier alpha value is -2.21. The van der Waals surface area contributed by atoms with Crippen molar-refractivity contribution in [2.75, 3.05) is 10.8 Å². The summed E-state index contributed by atoms with van der Waals surface area (Å²) in [7, 11) is -3.65. The van der Waals surface area contributed by atoms with Gasteiger partial charge in [0.25, 0.3) is 10.0 Å². The predicted molar refractivity (Wildman–Crippen MR) is 80.9 cm³/mol. The molecule has 0 saturated heterocycles. The van der Waals surface area contributed by atoms with Crippen LogP contribution in [-0.4, -0.2) is 25.7 Å². The summed E-state index contributed by atoms with van der Waals surface area (Å²) in [5, 5.41) is 0. The topological polar surface area (TPSA) is 67.3 Å². The van der Waals surface area contributed by atoms with Crippen LogP contribution >= 0.6 is 0 Å². The molecule has 21 heavy (non-hydrogen) atoms. The zero-order chi connectivity index (χ0) is 15.5. The second-order valence-corrected chi connectivity index (χ2v) is 6.32. The highest BCUT2D eigenvalue weighted by molar-refractivity contribution is 7.92. The van der Waals surface area contributed by atoms with Crippen LogP contribution in [0.25, 0.3) is 0 Å². The highest BCUT2D eigenvalue weighted by Crippen LogP contribution is 2.23. The first-order chi connectivity index (χ1) is 9.96. The molecule has 0 aliphatic carbocycles. The molecule has 0 N–H and O–H groups in total. The number of nitrogens with zero attached hydrogens (tertiary/aromatic N) is 2. The quantitative estimate of drug-likeness (QED) is 0.796. The summed E-state index contributed by atoms with van der Waals surface area (Å²) in [5.41, 5.74) is 1.05. The number of carbonyl (C=O) groups is 1. The van der Waals surface area contributed by atoms with Gasteiger partial charge in [0.05, 0.1) is 10.6 Å². The molecule has 2 rings (SSSR count). The minimum absolute atomic E-state index is 0.0968. The van der Waals surface area contributed by atoms with E-state index in [9.17, 15) is 13.2 Å². The molecule has 6 heteroatoms. The number of anilines is 1. The summed E-state index contributed by atoms with van der Waals surface area (Å²) in [4.78, 5) is 15.3. The number of hydrogen-bond donors (Lipinski definition) is 0. The highest BCUT2D eigenvalue weighted by atomic mass is 32.2. The van der Waals surface area contributed by atoms with Crippen molar-refractivity contribution < 1.29 is 13.2 Å². The van der Waals surface area contributed by atoms with E-state index in [4.69, 9.17) is 0 Å². The molecule has 5 nitrogen and oxygen atoms in total. The molecule has 1 heterocycles. The van der Waals surface area contributed by atoms with E-state index >= 15 is 0 Å². The fourth-order valence-electron chi connectivity index (χ4n) is 1.99. The summed E-state index contributed by atoms with van der Waals surface area (Å²) in [6.07, 6.45) is 3.10. The third kappa shape index (κ3) is 3.11. The fraction of sp³-hybridized carbons (Fsp3) is 0.200. The molecule has 0 bridgehead atoms. The lowest BCUT2D eigenvalue weighted by Crippen LogP contribution is -2.30. The Morgan fingerprint density at radius 2 is 1.67 bits per heavy atom. The van der Waals surface area contributed by atoms with Gasteiger partial charge in [0, 0.05) is 24.5 Å². The molecule has 0 saturated carbocycles. The predicted octanol–water partition coefficient (Wildman–Crippen LogP) is 2.50. The number of ketones is 1. The third-order valence-electron chi connectivity index (χ3n) is 3.09.